The molecule has 0 amide bonds. The largest absolute Gasteiger partial charge is 0.456 e. The third-order valence-electron chi connectivity index (χ3n) is 14.3. The van der Waals surface area contributed by atoms with Crippen LogP contribution in [0.5, 0.6) is 0 Å². The minimum Gasteiger partial charge on any atom is -0.456 e. The third kappa shape index (κ3) is 4.44. The number of para-hydroxylation sites is 1. The Labute approximate surface area is 365 Å². The van der Waals surface area contributed by atoms with Gasteiger partial charge in [-0.1, -0.05) is 194 Å². The van der Waals surface area contributed by atoms with Crippen molar-refractivity contribution in [3.8, 4) is 55.9 Å². The Kier molecular flexibility index (Phi) is 7.00. The van der Waals surface area contributed by atoms with Crippen LogP contribution in [-0.2, 0) is 10.8 Å². The molecule has 2 nitrogen and oxygen atoms in total. The van der Waals surface area contributed by atoms with E-state index in [0.29, 0.717) is 0 Å². The van der Waals surface area contributed by atoms with Gasteiger partial charge in [0, 0.05) is 21.9 Å². The van der Waals surface area contributed by atoms with E-state index in [-0.39, 0.29) is 0 Å². The molecular weight excluding hydrogens is 763 g/mol. The zero-order chi connectivity index (χ0) is 41.3. The minimum atomic E-state index is -0.707. The second kappa shape index (κ2) is 12.7. The Bertz CT molecular complexity index is 3540. The highest BCUT2D eigenvalue weighted by atomic mass is 16.3. The Morgan fingerprint density at radius 3 is 1.37 bits per heavy atom. The van der Waals surface area contributed by atoms with E-state index in [0.717, 1.165) is 50.0 Å². The summed E-state index contributed by atoms with van der Waals surface area (Å²) in [6.07, 6.45) is 0. The molecule has 0 radical (unpaired) electrons. The van der Waals surface area contributed by atoms with E-state index in [1.54, 1.807) is 0 Å². The van der Waals surface area contributed by atoms with Gasteiger partial charge in [0.25, 0.3) is 0 Å². The summed E-state index contributed by atoms with van der Waals surface area (Å²) in [5, 5.41) is 2.26. The number of hydrogen-bond acceptors (Lipinski definition) is 2. The lowest BCUT2D eigenvalue weighted by Gasteiger charge is -2.49. The first-order chi connectivity index (χ1) is 31.2. The maximum Gasteiger partial charge on any atom is 0.136 e. The molecule has 2 spiro atoms. The van der Waals surface area contributed by atoms with Crippen molar-refractivity contribution >= 4 is 21.9 Å². The van der Waals surface area contributed by atoms with Gasteiger partial charge in [0.1, 0.15) is 11.2 Å². The molecule has 2 aromatic heterocycles. The van der Waals surface area contributed by atoms with Gasteiger partial charge in [-0.25, -0.2) is 4.98 Å². The van der Waals surface area contributed by atoms with Crippen LogP contribution in [-0.4, -0.2) is 4.98 Å². The van der Waals surface area contributed by atoms with Gasteiger partial charge in [0.15, 0.2) is 0 Å². The molecule has 0 unspecified atom stereocenters. The van der Waals surface area contributed by atoms with Gasteiger partial charge >= 0.3 is 0 Å². The predicted octanol–water partition coefficient (Wildman–Crippen LogP) is 15.0. The van der Waals surface area contributed by atoms with Crippen molar-refractivity contribution in [2.75, 3.05) is 0 Å². The molecule has 0 fully saturated rings. The maximum absolute atomic E-state index is 6.70. The van der Waals surface area contributed by atoms with Gasteiger partial charge in [-0.05, 0) is 108 Å². The highest BCUT2D eigenvalue weighted by Crippen LogP contribution is 2.68. The fourth-order valence-electron chi connectivity index (χ4n) is 12.0. The van der Waals surface area contributed by atoms with Crippen molar-refractivity contribution in [2.45, 2.75) is 10.8 Å². The molecular formula is C61H37NO. The second-order valence-corrected chi connectivity index (χ2v) is 17.3. The zero-order valence-electron chi connectivity index (χ0n) is 34.2. The summed E-state index contributed by atoms with van der Waals surface area (Å²) in [6.45, 7) is 0. The molecule has 0 saturated heterocycles. The number of benzene rings is 9. The van der Waals surface area contributed by atoms with Crippen LogP contribution in [0.4, 0.5) is 0 Å². The van der Waals surface area contributed by atoms with Crippen molar-refractivity contribution < 1.29 is 4.42 Å². The van der Waals surface area contributed by atoms with Crippen LogP contribution in [0.1, 0.15) is 44.5 Å². The number of furan rings is 1. The van der Waals surface area contributed by atoms with Gasteiger partial charge in [0.2, 0.25) is 0 Å². The normalized spacial score (nSPS) is 14.3. The van der Waals surface area contributed by atoms with Crippen LogP contribution < -0.4 is 0 Å². The first-order valence-corrected chi connectivity index (χ1v) is 21.9. The summed E-state index contributed by atoms with van der Waals surface area (Å²) >= 11 is 0. The first kappa shape index (κ1) is 34.6. The number of fused-ring (bicyclic) bond motifs is 19. The average molecular weight is 800 g/mol. The van der Waals surface area contributed by atoms with Gasteiger partial charge in [-0.2, -0.15) is 0 Å². The van der Waals surface area contributed by atoms with Gasteiger partial charge in [0.05, 0.1) is 22.2 Å². The topological polar surface area (TPSA) is 26.0 Å². The molecule has 63 heavy (non-hydrogen) atoms. The van der Waals surface area contributed by atoms with Gasteiger partial charge in [-0.3, -0.25) is 0 Å². The average Bonchev–Trinajstić information content (AvgIpc) is 3.98. The number of rotatable bonds is 3. The molecule has 0 bridgehead atoms. The summed E-state index contributed by atoms with van der Waals surface area (Å²) in [5.74, 6) is 0. The monoisotopic (exact) mass is 799 g/mol. The molecule has 3 aliphatic rings. The van der Waals surface area contributed by atoms with Crippen molar-refractivity contribution in [1.29, 1.82) is 0 Å². The van der Waals surface area contributed by atoms with Crippen molar-refractivity contribution in [3.05, 3.63) is 269 Å². The lowest BCUT2D eigenvalue weighted by molar-refractivity contribution is 0.633. The number of nitrogens with zero attached hydrogens (tertiary/aromatic N) is 1. The summed E-state index contributed by atoms with van der Waals surface area (Å²) in [7, 11) is 0. The van der Waals surface area contributed by atoms with Crippen LogP contribution in [0, 0.1) is 0 Å². The first-order valence-electron chi connectivity index (χ1n) is 21.9. The smallest absolute Gasteiger partial charge is 0.136 e. The quantitative estimate of drug-likeness (QED) is 0.178. The van der Waals surface area contributed by atoms with Crippen LogP contribution in [0.25, 0.3) is 77.8 Å². The number of hydrogen-bond donors (Lipinski definition) is 0. The maximum atomic E-state index is 6.70. The molecule has 14 rings (SSSR count). The molecule has 0 atom stereocenters. The Balaban J connectivity index is 1.16. The lowest BCUT2D eigenvalue weighted by atomic mass is 9.52. The predicted molar refractivity (Wildman–Crippen MR) is 256 cm³/mol. The van der Waals surface area contributed by atoms with Crippen molar-refractivity contribution in [1.82, 2.24) is 4.98 Å². The third-order valence-corrected chi connectivity index (χ3v) is 14.3. The van der Waals surface area contributed by atoms with Crippen LogP contribution >= 0.6 is 0 Å². The Morgan fingerprint density at radius 1 is 0.286 bits per heavy atom. The van der Waals surface area contributed by atoms with E-state index >= 15 is 0 Å². The van der Waals surface area contributed by atoms with E-state index in [9.17, 15) is 0 Å². The van der Waals surface area contributed by atoms with E-state index in [1.165, 1.54) is 72.3 Å². The molecule has 3 aliphatic carbocycles. The SMILES string of the molecule is c1ccc(-c2cc(-c3cccc4c3C3(c5cc6c(cc5-4)oc4ccccc46)c4ccccc4C4(c5ccccc5-c5ccccc54)c4ccccc43)cc(-c3ccccc3)n2)cc1. The minimum absolute atomic E-state index is 0.534. The van der Waals surface area contributed by atoms with Crippen LogP contribution in [0.15, 0.2) is 229 Å². The highest BCUT2D eigenvalue weighted by molar-refractivity contribution is 6.09. The number of pyridine rings is 1. The van der Waals surface area contributed by atoms with E-state index in [2.05, 4.69) is 224 Å². The zero-order valence-corrected chi connectivity index (χ0v) is 34.2. The molecule has 0 aliphatic heterocycles. The van der Waals surface area contributed by atoms with Crippen molar-refractivity contribution in [3.63, 3.8) is 0 Å². The highest BCUT2D eigenvalue weighted by Gasteiger charge is 2.59. The molecule has 9 aromatic carbocycles. The molecule has 292 valence electrons. The summed E-state index contributed by atoms with van der Waals surface area (Å²) < 4.78 is 6.70. The van der Waals surface area contributed by atoms with Crippen molar-refractivity contribution in [2.24, 2.45) is 0 Å². The summed E-state index contributed by atoms with van der Waals surface area (Å²) in [6, 6.07) is 82.9. The summed E-state index contributed by atoms with van der Waals surface area (Å²) in [5.41, 5.74) is 22.4. The molecule has 11 aromatic rings. The fraction of sp³-hybridized carbons (Fsp3) is 0.0328. The van der Waals surface area contributed by atoms with E-state index in [4.69, 9.17) is 9.40 Å². The standard InChI is InChI=1S/C61H37NO/c1-3-18-38(19-4-1)55-34-40(35-56(62-55)39-20-5-2-6-21-39)41-25-17-26-45-46-37-58-47(44-24-9-16-33-57(44)63-58)36-54(46)61(59(41)45)52-31-14-12-29-50(52)60(51-30-13-15-32-53(51)61)48-27-10-7-22-42(48)43-23-8-11-28-49(43)60/h1-37H. The van der Waals surface area contributed by atoms with E-state index in [1.807, 2.05) is 0 Å². The Morgan fingerprint density at radius 2 is 0.762 bits per heavy atom. The van der Waals surface area contributed by atoms with E-state index < -0.39 is 10.8 Å². The van der Waals surface area contributed by atoms with Crippen LogP contribution in [0.3, 0.4) is 0 Å². The molecule has 0 saturated carbocycles. The molecule has 2 heterocycles. The Hall–Kier alpha value is -8.07. The van der Waals surface area contributed by atoms with Gasteiger partial charge in [-0.15, -0.1) is 0 Å². The molecule has 0 N–H and O–H groups in total. The number of aromatic nitrogens is 1. The van der Waals surface area contributed by atoms with Gasteiger partial charge < -0.3 is 4.42 Å². The molecule has 2 heteroatoms. The lowest BCUT2D eigenvalue weighted by Crippen LogP contribution is -2.44. The summed E-state index contributed by atoms with van der Waals surface area (Å²) in [4.78, 5) is 5.35. The second-order valence-electron chi connectivity index (χ2n) is 17.3. The van der Waals surface area contributed by atoms with Crippen LogP contribution in [0.2, 0.25) is 0 Å². The fourth-order valence-corrected chi connectivity index (χ4v) is 12.0.